The van der Waals surface area contributed by atoms with Crippen LogP contribution in [0.2, 0.25) is 0 Å². The van der Waals surface area contributed by atoms with Gasteiger partial charge in [0.2, 0.25) is 0 Å². The minimum Gasteiger partial charge on any atom is -0.467 e. The second-order valence-electron chi connectivity index (χ2n) is 6.90. The zero-order valence-corrected chi connectivity index (χ0v) is 16.3. The highest BCUT2D eigenvalue weighted by Gasteiger charge is 2.23. The van der Waals surface area contributed by atoms with Gasteiger partial charge >= 0.3 is 0 Å². The Labute approximate surface area is 161 Å². The van der Waals surface area contributed by atoms with E-state index in [2.05, 4.69) is 51.7 Å². The van der Waals surface area contributed by atoms with Gasteiger partial charge in [0.25, 0.3) is 0 Å². The maximum Gasteiger partial charge on any atom is 0.191 e. The Balaban J connectivity index is 1.32. The summed E-state index contributed by atoms with van der Waals surface area (Å²) in [5.41, 5.74) is 2.59. The molecule has 1 aromatic heterocycles. The first kappa shape index (κ1) is 19.3. The van der Waals surface area contributed by atoms with E-state index in [1.165, 1.54) is 11.3 Å². The molecule has 2 heterocycles. The highest BCUT2D eigenvalue weighted by atomic mass is 16.5. The summed E-state index contributed by atoms with van der Waals surface area (Å²) in [6.45, 7) is 6.22. The van der Waals surface area contributed by atoms with Crippen molar-refractivity contribution in [3.8, 4) is 0 Å². The van der Waals surface area contributed by atoms with Crippen LogP contribution in [0.3, 0.4) is 0 Å². The second-order valence-corrected chi connectivity index (χ2v) is 6.90. The summed E-state index contributed by atoms with van der Waals surface area (Å²) in [4.78, 5) is 6.76. The van der Waals surface area contributed by atoms with Crippen molar-refractivity contribution in [2.75, 3.05) is 38.2 Å². The second kappa shape index (κ2) is 10.0. The van der Waals surface area contributed by atoms with E-state index in [-0.39, 0.29) is 0 Å². The van der Waals surface area contributed by atoms with Crippen LogP contribution in [0.15, 0.2) is 52.1 Å². The summed E-state index contributed by atoms with van der Waals surface area (Å²) >= 11 is 0. The van der Waals surface area contributed by atoms with E-state index in [4.69, 9.17) is 9.15 Å². The molecule has 0 amide bonds. The van der Waals surface area contributed by atoms with Gasteiger partial charge in [0.15, 0.2) is 5.96 Å². The monoisotopic (exact) mass is 370 g/mol. The van der Waals surface area contributed by atoms with Crippen LogP contribution in [0.5, 0.6) is 0 Å². The number of benzene rings is 1. The molecule has 0 spiro atoms. The summed E-state index contributed by atoms with van der Waals surface area (Å²) < 4.78 is 10.8. The average Bonchev–Trinajstić information content (AvgIpc) is 3.36. The van der Waals surface area contributed by atoms with Gasteiger partial charge in [0.1, 0.15) is 12.4 Å². The molecular formula is C21H30N4O2. The lowest BCUT2D eigenvalue weighted by molar-refractivity contribution is 0.105. The van der Waals surface area contributed by atoms with Gasteiger partial charge in [-0.25, -0.2) is 0 Å². The fraction of sp³-hybridized carbons (Fsp3) is 0.476. The first-order chi connectivity index (χ1) is 13.2. The summed E-state index contributed by atoms with van der Waals surface area (Å²) in [5.74, 6) is 1.72. The Hall–Kier alpha value is -2.47. The summed E-state index contributed by atoms with van der Waals surface area (Å²) in [7, 11) is 1.81. The number of nitrogens with one attached hydrogen (secondary N) is 2. The summed E-state index contributed by atoms with van der Waals surface area (Å²) in [6.07, 6.45) is 3.70. The molecule has 1 aliphatic heterocycles. The topological polar surface area (TPSA) is 62.0 Å². The Morgan fingerprint density at radius 3 is 2.89 bits per heavy atom. The highest BCUT2D eigenvalue weighted by Crippen LogP contribution is 2.20. The largest absolute Gasteiger partial charge is 0.467 e. The van der Waals surface area contributed by atoms with E-state index in [0.717, 1.165) is 44.2 Å². The molecule has 1 fully saturated rings. The van der Waals surface area contributed by atoms with Crippen LogP contribution in [0.1, 0.15) is 24.2 Å². The van der Waals surface area contributed by atoms with Crippen molar-refractivity contribution >= 4 is 11.6 Å². The molecule has 6 nitrogen and oxygen atoms in total. The van der Waals surface area contributed by atoms with Crippen molar-refractivity contribution in [2.45, 2.75) is 32.4 Å². The van der Waals surface area contributed by atoms with E-state index in [1.54, 1.807) is 6.26 Å². The molecule has 1 aliphatic rings. The predicted octanol–water partition coefficient (Wildman–Crippen LogP) is 2.94. The lowest BCUT2D eigenvalue weighted by Gasteiger charge is -2.20. The lowest BCUT2D eigenvalue weighted by Crippen LogP contribution is -2.45. The van der Waals surface area contributed by atoms with Crippen LogP contribution < -0.4 is 15.5 Å². The van der Waals surface area contributed by atoms with Gasteiger partial charge in [-0.05, 0) is 44.0 Å². The third-order valence-corrected chi connectivity index (χ3v) is 4.73. The van der Waals surface area contributed by atoms with Crippen LogP contribution in [0.25, 0.3) is 0 Å². The third kappa shape index (κ3) is 6.03. The Bertz CT molecular complexity index is 697. The van der Waals surface area contributed by atoms with Crippen molar-refractivity contribution in [1.82, 2.24) is 10.6 Å². The molecule has 1 aromatic carbocycles. The van der Waals surface area contributed by atoms with E-state index in [9.17, 15) is 0 Å². The van der Waals surface area contributed by atoms with Crippen LogP contribution in [-0.2, 0) is 11.3 Å². The lowest BCUT2D eigenvalue weighted by atomic mass is 10.2. The number of anilines is 1. The first-order valence-electron chi connectivity index (χ1n) is 9.63. The average molecular weight is 370 g/mol. The molecule has 0 bridgehead atoms. The third-order valence-electron chi connectivity index (χ3n) is 4.73. The molecule has 1 unspecified atom stereocenters. The van der Waals surface area contributed by atoms with Gasteiger partial charge in [-0.2, -0.15) is 0 Å². The minimum atomic E-state index is 0.410. The molecule has 1 atom stereocenters. The van der Waals surface area contributed by atoms with Gasteiger partial charge in [-0.1, -0.05) is 17.7 Å². The van der Waals surface area contributed by atoms with E-state index >= 15 is 0 Å². The maximum absolute atomic E-state index is 5.60. The van der Waals surface area contributed by atoms with Gasteiger partial charge < -0.3 is 24.7 Å². The standard InChI is InChI=1S/C21H30N4O2/c1-17-6-8-19(9-7-17)25-12-10-18(15-25)24-21(22-2)23-11-4-13-26-16-20-5-3-14-27-20/h3,5-9,14,18H,4,10-13,15-16H2,1-2H3,(H2,22,23,24). The normalized spacial score (nSPS) is 17.3. The molecule has 6 heteroatoms. The molecule has 146 valence electrons. The Kier molecular flexibility index (Phi) is 7.16. The van der Waals surface area contributed by atoms with Crippen molar-refractivity contribution in [1.29, 1.82) is 0 Å². The van der Waals surface area contributed by atoms with Crippen molar-refractivity contribution < 1.29 is 9.15 Å². The van der Waals surface area contributed by atoms with E-state index < -0.39 is 0 Å². The van der Waals surface area contributed by atoms with Crippen LogP contribution in [0, 0.1) is 6.92 Å². The molecule has 1 saturated heterocycles. The Morgan fingerprint density at radius 2 is 2.15 bits per heavy atom. The first-order valence-corrected chi connectivity index (χ1v) is 9.63. The van der Waals surface area contributed by atoms with Crippen LogP contribution in [0.4, 0.5) is 5.69 Å². The van der Waals surface area contributed by atoms with E-state index in [1.807, 2.05) is 19.2 Å². The molecule has 0 radical (unpaired) electrons. The fourth-order valence-electron chi connectivity index (χ4n) is 3.20. The number of ether oxygens (including phenoxy) is 1. The van der Waals surface area contributed by atoms with E-state index in [0.29, 0.717) is 19.3 Å². The van der Waals surface area contributed by atoms with Crippen LogP contribution in [-0.4, -0.2) is 45.3 Å². The molecule has 3 rings (SSSR count). The number of aryl methyl sites for hydroxylation is 1. The summed E-state index contributed by atoms with van der Waals surface area (Å²) in [5, 5.41) is 6.90. The van der Waals surface area contributed by atoms with Crippen molar-refractivity contribution in [3.63, 3.8) is 0 Å². The number of hydrogen-bond donors (Lipinski definition) is 2. The van der Waals surface area contributed by atoms with Gasteiger partial charge in [-0.3, -0.25) is 4.99 Å². The smallest absolute Gasteiger partial charge is 0.191 e. The minimum absolute atomic E-state index is 0.410. The number of rotatable bonds is 8. The van der Waals surface area contributed by atoms with Crippen LogP contribution >= 0.6 is 0 Å². The quantitative estimate of drug-likeness (QED) is 0.425. The predicted molar refractivity (Wildman–Crippen MR) is 109 cm³/mol. The fourth-order valence-corrected chi connectivity index (χ4v) is 3.20. The number of aliphatic imine (C=N–C) groups is 1. The van der Waals surface area contributed by atoms with Crippen molar-refractivity contribution in [2.24, 2.45) is 4.99 Å². The zero-order valence-electron chi connectivity index (χ0n) is 16.3. The highest BCUT2D eigenvalue weighted by molar-refractivity contribution is 5.80. The molecule has 2 N–H and O–H groups in total. The molecular weight excluding hydrogens is 340 g/mol. The van der Waals surface area contributed by atoms with Gasteiger partial charge in [0, 0.05) is 45.0 Å². The SMILES string of the molecule is CN=C(NCCCOCc1ccco1)NC1CCN(c2ccc(C)cc2)C1. The van der Waals surface area contributed by atoms with Gasteiger partial charge in [-0.15, -0.1) is 0 Å². The van der Waals surface area contributed by atoms with Crippen molar-refractivity contribution in [3.05, 3.63) is 54.0 Å². The molecule has 0 aliphatic carbocycles. The number of furan rings is 1. The molecule has 0 saturated carbocycles. The zero-order chi connectivity index (χ0) is 18.9. The number of hydrogen-bond acceptors (Lipinski definition) is 4. The molecule has 27 heavy (non-hydrogen) atoms. The number of guanidine groups is 1. The van der Waals surface area contributed by atoms with Gasteiger partial charge in [0.05, 0.1) is 6.26 Å². The molecule has 2 aromatic rings. The number of nitrogens with zero attached hydrogens (tertiary/aromatic N) is 2. The summed E-state index contributed by atoms with van der Waals surface area (Å²) in [6, 6.07) is 13.0. The Morgan fingerprint density at radius 1 is 1.30 bits per heavy atom. The maximum atomic E-state index is 5.60.